The molecule has 0 bridgehead atoms. The van der Waals surface area contributed by atoms with Crippen molar-refractivity contribution in [3.05, 3.63) is 29.3 Å². The Hall–Kier alpha value is -0.730. The summed E-state index contributed by atoms with van der Waals surface area (Å²) in [4.78, 5) is 0. The van der Waals surface area contributed by atoms with Crippen LogP contribution in [0.25, 0.3) is 0 Å². The van der Waals surface area contributed by atoms with Crippen LogP contribution in [0.2, 0.25) is 5.02 Å². The third-order valence-electron chi connectivity index (χ3n) is 2.25. The fourth-order valence-electron chi connectivity index (χ4n) is 1.29. The molecule has 14 heavy (non-hydrogen) atoms. The first kappa shape index (κ1) is 9.81. The van der Waals surface area contributed by atoms with Gasteiger partial charge in [-0.05, 0) is 18.2 Å². The normalized spacial score (nSPS) is 18.7. The highest BCUT2D eigenvalue weighted by Crippen LogP contribution is 2.29. The minimum absolute atomic E-state index is 0.152. The number of ether oxygens (including phenoxy) is 2. The van der Waals surface area contributed by atoms with Gasteiger partial charge in [-0.25, -0.2) is 0 Å². The van der Waals surface area contributed by atoms with E-state index in [0.717, 1.165) is 13.2 Å². The van der Waals surface area contributed by atoms with Gasteiger partial charge in [0.15, 0.2) is 0 Å². The number of hydrogen-bond donors (Lipinski definition) is 0. The van der Waals surface area contributed by atoms with Gasteiger partial charge in [0.05, 0.1) is 24.8 Å². The molecule has 1 saturated heterocycles. The summed E-state index contributed by atoms with van der Waals surface area (Å²) in [7, 11) is 0. The Kier molecular flexibility index (Phi) is 2.66. The highest BCUT2D eigenvalue weighted by atomic mass is 35.5. The Labute approximate surface area is 88.8 Å². The van der Waals surface area contributed by atoms with Gasteiger partial charge in [-0.3, -0.25) is 0 Å². The largest absolute Gasteiger partial charge is 0.491 e. The second kappa shape index (κ2) is 3.79. The molecule has 75 valence electrons. The lowest BCUT2D eigenvalue weighted by Crippen LogP contribution is -2.44. The lowest BCUT2D eigenvalue weighted by atomic mass is 9.90. The molecule has 1 aromatic rings. The van der Waals surface area contributed by atoms with Crippen LogP contribution >= 0.6 is 11.6 Å². The van der Waals surface area contributed by atoms with E-state index in [4.69, 9.17) is 21.1 Å². The molecule has 0 amide bonds. The van der Waals surface area contributed by atoms with Gasteiger partial charge in [0, 0.05) is 5.41 Å². The van der Waals surface area contributed by atoms with Crippen LogP contribution in [0.3, 0.4) is 0 Å². The van der Waals surface area contributed by atoms with Gasteiger partial charge in [0.2, 0.25) is 0 Å². The fraction of sp³-hybridized carbons (Fsp3) is 0.455. The van der Waals surface area contributed by atoms with E-state index in [1.54, 1.807) is 18.2 Å². The molecule has 0 saturated carbocycles. The number of rotatable bonds is 3. The van der Waals surface area contributed by atoms with Crippen molar-refractivity contribution in [1.82, 2.24) is 0 Å². The first-order chi connectivity index (χ1) is 6.70. The predicted octanol–water partition coefficient (Wildman–Crippen LogP) is 2.56. The number of benzene rings is 1. The molecule has 1 aliphatic rings. The molecule has 0 spiro atoms. The maximum absolute atomic E-state index is 5.94. The fourth-order valence-corrected chi connectivity index (χ4v) is 1.46. The van der Waals surface area contributed by atoms with Gasteiger partial charge in [-0.15, -0.1) is 0 Å². The zero-order chi connectivity index (χ0) is 10.0. The van der Waals surface area contributed by atoms with E-state index in [0.29, 0.717) is 17.4 Å². The van der Waals surface area contributed by atoms with Gasteiger partial charge in [0.1, 0.15) is 5.75 Å². The van der Waals surface area contributed by atoms with Crippen molar-refractivity contribution >= 4 is 11.6 Å². The molecule has 0 atom stereocenters. The summed E-state index contributed by atoms with van der Waals surface area (Å²) in [5.41, 5.74) is 0.152. The zero-order valence-electron chi connectivity index (χ0n) is 8.05. The molecular formula is C11H12ClO2. The smallest absolute Gasteiger partial charge is 0.138 e. The molecule has 0 unspecified atom stereocenters. The highest BCUT2D eigenvalue weighted by Gasteiger charge is 2.34. The summed E-state index contributed by atoms with van der Waals surface area (Å²) in [6.45, 7) is 4.31. The van der Waals surface area contributed by atoms with Crippen LogP contribution in [0.15, 0.2) is 18.2 Å². The number of halogens is 1. The summed E-state index contributed by atoms with van der Waals surface area (Å²) in [5.74, 6) is 0.697. The third-order valence-corrected chi connectivity index (χ3v) is 2.57. The summed E-state index contributed by atoms with van der Waals surface area (Å²) < 4.78 is 10.7. The van der Waals surface area contributed by atoms with Gasteiger partial charge < -0.3 is 9.47 Å². The van der Waals surface area contributed by atoms with Crippen molar-refractivity contribution in [2.75, 3.05) is 19.8 Å². The average Bonchev–Trinajstić information content (AvgIpc) is 2.14. The second-order valence-corrected chi connectivity index (χ2v) is 4.36. The van der Waals surface area contributed by atoms with Crippen LogP contribution in [0.1, 0.15) is 6.92 Å². The Morgan fingerprint density at radius 1 is 1.64 bits per heavy atom. The van der Waals surface area contributed by atoms with Crippen LogP contribution in [0.4, 0.5) is 0 Å². The van der Waals surface area contributed by atoms with Gasteiger partial charge in [-0.2, -0.15) is 0 Å². The van der Waals surface area contributed by atoms with E-state index in [-0.39, 0.29) is 5.41 Å². The molecule has 1 heterocycles. The minimum atomic E-state index is 0.152. The number of hydrogen-bond acceptors (Lipinski definition) is 2. The maximum atomic E-state index is 5.94. The van der Waals surface area contributed by atoms with Crippen molar-refractivity contribution in [3.63, 3.8) is 0 Å². The maximum Gasteiger partial charge on any atom is 0.138 e. The van der Waals surface area contributed by atoms with E-state index >= 15 is 0 Å². The molecule has 2 nitrogen and oxygen atoms in total. The van der Waals surface area contributed by atoms with Crippen molar-refractivity contribution in [1.29, 1.82) is 0 Å². The lowest BCUT2D eigenvalue weighted by Gasteiger charge is -2.37. The second-order valence-electron chi connectivity index (χ2n) is 3.95. The van der Waals surface area contributed by atoms with Crippen LogP contribution in [-0.4, -0.2) is 19.8 Å². The molecular weight excluding hydrogens is 200 g/mol. The standard InChI is InChI=1S/C11H12ClO2/c1-11(6-13-7-11)8-14-10-5-3-2-4-9(10)12/h2,4-5H,6-8H2,1H3. The summed E-state index contributed by atoms with van der Waals surface area (Å²) in [6.07, 6.45) is 0. The van der Waals surface area contributed by atoms with Gasteiger partial charge >= 0.3 is 0 Å². The molecule has 1 aliphatic heterocycles. The van der Waals surface area contributed by atoms with E-state index in [1.807, 2.05) is 0 Å². The first-order valence-electron chi connectivity index (χ1n) is 4.56. The quantitative estimate of drug-likeness (QED) is 0.765. The SMILES string of the molecule is CC1(COc2c[c]ccc2Cl)COC1. The Morgan fingerprint density at radius 3 is 3.00 bits per heavy atom. The topological polar surface area (TPSA) is 18.5 Å². The molecule has 1 radical (unpaired) electrons. The van der Waals surface area contributed by atoms with Crippen LogP contribution < -0.4 is 4.74 Å². The van der Waals surface area contributed by atoms with E-state index in [1.165, 1.54) is 0 Å². The molecule has 0 aliphatic carbocycles. The lowest BCUT2D eigenvalue weighted by molar-refractivity contribution is -0.120. The van der Waals surface area contributed by atoms with Gasteiger partial charge in [-0.1, -0.05) is 24.6 Å². The molecule has 1 aromatic carbocycles. The van der Waals surface area contributed by atoms with Crippen LogP contribution in [-0.2, 0) is 4.74 Å². The zero-order valence-corrected chi connectivity index (χ0v) is 8.80. The van der Waals surface area contributed by atoms with E-state index < -0.39 is 0 Å². The average molecular weight is 212 g/mol. The van der Waals surface area contributed by atoms with Crippen LogP contribution in [0.5, 0.6) is 5.75 Å². The van der Waals surface area contributed by atoms with Crippen LogP contribution in [0, 0.1) is 11.5 Å². The van der Waals surface area contributed by atoms with Gasteiger partial charge in [0.25, 0.3) is 0 Å². The van der Waals surface area contributed by atoms with E-state index in [2.05, 4.69) is 13.0 Å². The van der Waals surface area contributed by atoms with Crippen molar-refractivity contribution < 1.29 is 9.47 Å². The Balaban J connectivity index is 1.95. The Bertz CT molecular complexity index is 321. The Morgan fingerprint density at radius 2 is 2.43 bits per heavy atom. The van der Waals surface area contributed by atoms with Crippen molar-refractivity contribution in [2.24, 2.45) is 5.41 Å². The molecule has 3 heteroatoms. The molecule has 0 aromatic heterocycles. The monoisotopic (exact) mass is 211 g/mol. The highest BCUT2D eigenvalue weighted by molar-refractivity contribution is 6.32. The molecule has 2 rings (SSSR count). The first-order valence-corrected chi connectivity index (χ1v) is 4.94. The van der Waals surface area contributed by atoms with Crippen molar-refractivity contribution in [3.8, 4) is 5.75 Å². The van der Waals surface area contributed by atoms with E-state index in [9.17, 15) is 0 Å². The molecule has 0 N–H and O–H groups in total. The summed E-state index contributed by atoms with van der Waals surface area (Å²) in [6, 6.07) is 8.23. The summed E-state index contributed by atoms with van der Waals surface area (Å²) in [5, 5.41) is 0.632. The molecule has 1 fully saturated rings. The van der Waals surface area contributed by atoms with Crippen molar-refractivity contribution in [2.45, 2.75) is 6.92 Å². The predicted molar refractivity (Wildman–Crippen MR) is 54.7 cm³/mol. The minimum Gasteiger partial charge on any atom is -0.491 e. The third kappa shape index (κ3) is 2.02. The summed E-state index contributed by atoms with van der Waals surface area (Å²) >= 11 is 5.94.